The van der Waals surface area contributed by atoms with E-state index in [0.29, 0.717) is 6.42 Å². The molecule has 0 heterocycles. The number of aliphatic carboxylic acids is 1. The summed E-state index contributed by atoms with van der Waals surface area (Å²) < 4.78 is 0. The maximum absolute atomic E-state index is 10.5. The van der Waals surface area contributed by atoms with Gasteiger partial charge in [0.05, 0.1) is 0 Å². The van der Waals surface area contributed by atoms with Crippen molar-refractivity contribution in [3.05, 3.63) is 36.5 Å². The van der Waals surface area contributed by atoms with E-state index in [-0.39, 0.29) is 0 Å². The summed E-state index contributed by atoms with van der Waals surface area (Å²) in [6, 6.07) is -0.831. The Bertz CT molecular complexity index is 254. The standard InChI is InChI=1S/C11H17NO2/c1-3-5-7-9(6-4-2)8-10(12)11(13)14/h3-4,6-7,10H,1,5,8,12H2,2H3,(H,13,14)/b6-4-,9-7+. The van der Waals surface area contributed by atoms with Crippen molar-refractivity contribution in [1.82, 2.24) is 0 Å². The molecule has 3 nitrogen and oxygen atoms in total. The molecule has 0 aliphatic carbocycles. The van der Waals surface area contributed by atoms with E-state index in [1.54, 1.807) is 6.08 Å². The van der Waals surface area contributed by atoms with E-state index in [2.05, 4.69) is 6.58 Å². The predicted molar refractivity (Wildman–Crippen MR) is 57.9 cm³/mol. The summed E-state index contributed by atoms with van der Waals surface area (Å²) in [4.78, 5) is 10.5. The minimum Gasteiger partial charge on any atom is -0.480 e. The van der Waals surface area contributed by atoms with Gasteiger partial charge in [0.1, 0.15) is 6.04 Å². The fourth-order valence-electron chi connectivity index (χ4n) is 1.01. The van der Waals surface area contributed by atoms with Crippen LogP contribution < -0.4 is 5.73 Å². The van der Waals surface area contributed by atoms with Crippen molar-refractivity contribution < 1.29 is 9.90 Å². The molecule has 1 unspecified atom stereocenters. The van der Waals surface area contributed by atoms with Crippen molar-refractivity contribution in [3.8, 4) is 0 Å². The second kappa shape index (κ2) is 7.09. The van der Waals surface area contributed by atoms with Gasteiger partial charge < -0.3 is 10.8 Å². The summed E-state index contributed by atoms with van der Waals surface area (Å²) >= 11 is 0. The van der Waals surface area contributed by atoms with Crippen LogP contribution in [-0.4, -0.2) is 17.1 Å². The number of hydrogen-bond acceptors (Lipinski definition) is 2. The number of allylic oxidation sites excluding steroid dienone is 4. The number of hydrogen-bond donors (Lipinski definition) is 2. The zero-order chi connectivity index (χ0) is 11.0. The van der Waals surface area contributed by atoms with Crippen LogP contribution in [0, 0.1) is 0 Å². The molecular weight excluding hydrogens is 178 g/mol. The third-order valence-corrected chi connectivity index (χ3v) is 1.70. The largest absolute Gasteiger partial charge is 0.480 e. The second-order valence-corrected chi connectivity index (χ2v) is 2.95. The van der Waals surface area contributed by atoms with Crippen LogP contribution in [0.5, 0.6) is 0 Å². The molecule has 78 valence electrons. The topological polar surface area (TPSA) is 63.3 Å². The summed E-state index contributed by atoms with van der Waals surface area (Å²) in [5, 5.41) is 8.63. The molecule has 0 bridgehead atoms. The highest BCUT2D eigenvalue weighted by molar-refractivity contribution is 5.73. The van der Waals surface area contributed by atoms with Gasteiger partial charge in [-0.3, -0.25) is 4.79 Å². The lowest BCUT2D eigenvalue weighted by Crippen LogP contribution is -2.30. The van der Waals surface area contributed by atoms with Gasteiger partial charge in [-0.05, 0) is 25.3 Å². The second-order valence-electron chi connectivity index (χ2n) is 2.95. The van der Waals surface area contributed by atoms with Crippen LogP contribution >= 0.6 is 0 Å². The molecule has 0 aromatic carbocycles. The molecule has 0 aromatic heterocycles. The van der Waals surface area contributed by atoms with Crippen LogP contribution in [0.25, 0.3) is 0 Å². The molecule has 14 heavy (non-hydrogen) atoms. The van der Waals surface area contributed by atoms with Crippen LogP contribution in [0.1, 0.15) is 19.8 Å². The van der Waals surface area contributed by atoms with Gasteiger partial charge in [-0.25, -0.2) is 0 Å². The minimum atomic E-state index is -0.973. The highest BCUT2D eigenvalue weighted by Crippen LogP contribution is 2.08. The van der Waals surface area contributed by atoms with E-state index >= 15 is 0 Å². The average molecular weight is 195 g/mol. The highest BCUT2D eigenvalue weighted by atomic mass is 16.4. The van der Waals surface area contributed by atoms with E-state index in [1.807, 2.05) is 25.2 Å². The first kappa shape index (κ1) is 12.7. The normalized spacial score (nSPS) is 14.3. The van der Waals surface area contributed by atoms with Gasteiger partial charge in [0.25, 0.3) is 0 Å². The Labute approximate surface area is 84.6 Å². The van der Waals surface area contributed by atoms with Crippen molar-refractivity contribution in [3.63, 3.8) is 0 Å². The predicted octanol–water partition coefficient (Wildman–Crippen LogP) is 1.87. The lowest BCUT2D eigenvalue weighted by Gasteiger charge is -2.06. The van der Waals surface area contributed by atoms with Crippen molar-refractivity contribution in [1.29, 1.82) is 0 Å². The van der Waals surface area contributed by atoms with Crippen molar-refractivity contribution in [2.24, 2.45) is 5.73 Å². The molecule has 1 atom stereocenters. The van der Waals surface area contributed by atoms with E-state index in [9.17, 15) is 4.79 Å². The van der Waals surface area contributed by atoms with Gasteiger partial charge in [0, 0.05) is 0 Å². The minimum absolute atomic E-state index is 0.355. The Kier molecular flexibility index (Phi) is 6.41. The van der Waals surface area contributed by atoms with Crippen LogP contribution in [0.2, 0.25) is 0 Å². The number of carbonyl (C=O) groups is 1. The third-order valence-electron chi connectivity index (χ3n) is 1.70. The Morgan fingerprint density at radius 1 is 1.64 bits per heavy atom. The van der Waals surface area contributed by atoms with Crippen molar-refractivity contribution in [2.75, 3.05) is 0 Å². The number of rotatable bonds is 6. The Morgan fingerprint density at radius 3 is 2.71 bits per heavy atom. The summed E-state index contributed by atoms with van der Waals surface area (Å²) in [7, 11) is 0. The fourth-order valence-corrected chi connectivity index (χ4v) is 1.01. The van der Waals surface area contributed by atoms with E-state index < -0.39 is 12.0 Å². The highest BCUT2D eigenvalue weighted by Gasteiger charge is 2.11. The summed E-state index contributed by atoms with van der Waals surface area (Å²) in [6.07, 6.45) is 8.50. The monoisotopic (exact) mass is 195 g/mol. The van der Waals surface area contributed by atoms with Crippen LogP contribution in [-0.2, 0) is 4.79 Å². The molecule has 0 fully saturated rings. The lowest BCUT2D eigenvalue weighted by atomic mass is 10.1. The fraction of sp³-hybridized carbons (Fsp3) is 0.364. The molecule has 3 N–H and O–H groups in total. The third kappa shape index (κ3) is 5.32. The molecule has 0 radical (unpaired) electrons. The number of carboxylic acids is 1. The van der Waals surface area contributed by atoms with Gasteiger partial charge in [0.15, 0.2) is 0 Å². The summed E-state index contributed by atoms with van der Waals surface area (Å²) in [5.41, 5.74) is 6.35. The molecule has 0 amide bonds. The zero-order valence-corrected chi connectivity index (χ0v) is 8.44. The van der Waals surface area contributed by atoms with Crippen LogP contribution in [0.3, 0.4) is 0 Å². The SMILES string of the molecule is C=CC/C=C(\C=C/C)CC(N)C(=O)O. The van der Waals surface area contributed by atoms with E-state index in [4.69, 9.17) is 10.8 Å². The molecule has 3 heteroatoms. The van der Waals surface area contributed by atoms with Gasteiger partial charge in [-0.15, -0.1) is 6.58 Å². The molecule has 0 spiro atoms. The Morgan fingerprint density at radius 2 is 2.29 bits per heavy atom. The summed E-state index contributed by atoms with van der Waals surface area (Å²) in [5.74, 6) is -0.973. The van der Waals surface area contributed by atoms with E-state index in [1.165, 1.54) is 0 Å². The maximum atomic E-state index is 10.5. The number of nitrogens with two attached hydrogens (primary N) is 1. The molecule has 0 saturated heterocycles. The Balaban J connectivity index is 4.36. The van der Waals surface area contributed by atoms with Gasteiger partial charge in [0.2, 0.25) is 0 Å². The van der Waals surface area contributed by atoms with Gasteiger partial charge >= 0.3 is 5.97 Å². The average Bonchev–Trinajstić information content (AvgIpc) is 2.14. The smallest absolute Gasteiger partial charge is 0.320 e. The number of carboxylic acid groups (broad SMARTS) is 1. The first-order valence-corrected chi connectivity index (χ1v) is 4.52. The lowest BCUT2D eigenvalue weighted by molar-refractivity contribution is -0.138. The maximum Gasteiger partial charge on any atom is 0.320 e. The molecule has 0 saturated carbocycles. The van der Waals surface area contributed by atoms with Crippen molar-refractivity contribution >= 4 is 5.97 Å². The molecule has 0 aromatic rings. The van der Waals surface area contributed by atoms with Gasteiger partial charge in [-0.2, -0.15) is 0 Å². The van der Waals surface area contributed by atoms with E-state index in [0.717, 1.165) is 12.0 Å². The molecule has 0 rings (SSSR count). The van der Waals surface area contributed by atoms with Crippen LogP contribution in [0.15, 0.2) is 36.5 Å². The molecular formula is C11H17NO2. The zero-order valence-electron chi connectivity index (χ0n) is 8.44. The summed E-state index contributed by atoms with van der Waals surface area (Å²) in [6.45, 7) is 5.47. The molecule has 0 aliphatic rings. The van der Waals surface area contributed by atoms with Crippen LogP contribution in [0.4, 0.5) is 0 Å². The first-order valence-electron chi connectivity index (χ1n) is 4.52. The Hall–Kier alpha value is -1.35. The van der Waals surface area contributed by atoms with Crippen molar-refractivity contribution in [2.45, 2.75) is 25.8 Å². The van der Waals surface area contributed by atoms with Gasteiger partial charge in [-0.1, -0.05) is 24.3 Å². The molecule has 0 aliphatic heterocycles. The first-order chi connectivity index (χ1) is 6.61. The quantitative estimate of drug-likeness (QED) is 0.502.